The quantitative estimate of drug-likeness (QED) is 0.933. The predicted octanol–water partition coefficient (Wildman–Crippen LogP) is 3.08. The zero-order valence-electron chi connectivity index (χ0n) is 10.9. The van der Waals surface area contributed by atoms with Crippen LogP contribution in [0.15, 0.2) is 6.20 Å². The molecule has 1 heterocycles. The summed E-state index contributed by atoms with van der Waals surface area (Å²) in [7, 11) is 0. The molecule has 0 atom stereocenters. The van der Waals surface area contributed by atoms with E-state index in [2.05, 4.69) is 9.97 Å². The summed E-state index contributed by atoms with van der Waals surface area (Å²) in [6.45, 7) is 3.62. The molecule has 0 bridgehead atoms. The van der Waals surface area contributed by atoms with E-state index in [1.807, 2.05) is 19.2 Å². The van der Waals surface area contributed by atoms with Crippen molar-refractivity contribution in [3.63, 3.8) is 0 Å². The first kappa shape index (κ1) is 15.0. The summed E-state index contributed by atoms with van der Waals surface area (Å²) in [5.41, 5.74) is -2.35. The van der Waals surface area contributed by atoms with Gasteiger partial charge in [0.15, 0.2) is 0 Å². The number of halogens is 4. The number of hydrogen-bond acceptors (Lipinski definition) is 3. The summed E-state index contributed by atoms with van der Waals surface area (Å²) in [6, 6.07) is 0. The van der Waals surface area contributed by atoms with Crippen molar-refractivity contribution in [1.29, 1.82) is 0 Å². The van der Waals surface area contributed by atoms with Crippen molar-refractivity contribution < 1.29 is 18.0 Å². The minimum atomic E-state index is -4.47. The molecule has 0 radical (unpaired) electrons. The van der Waals surface area contributed by atoms with Gasteiger partial charge < -0.3 is 5.32 Å². The van der Waals surface area contributed by atoms with Crippen molar-refractivity contribution in [2.45, 2.75) is 44.3 Å². The highest BCUT2D eigenvalue weighted by molar-refractivity contribution is 6.33. The van der Waals surface area contributed by atoms with Crippen molar-refractivity contribution in [2.24, 2.45) is 0 Å². The Bertz CT molecular complexity index is 541. The maximum absolute atomic E-state index is 12.8. The molecule has 1 N–H and O–H groups in total. The van der Waals surface area contributed by atoms with Crippen LogP contribution >= 0.6 is 11.6 Å². The highest BCUT2D eigenvalue weighted by Gasteiger charge is 2.64. The number of alkyl halides is 3. The number of carbonyl (C=O) groups excluding carboxylic acids is 1. The summed E-state index contributed by atoms with van der Waals surface area (Å²) in [5.74, 6) is -0.623. The van der Waals surface area contributed by atoms with Gasteiger partial charge in [-0.25, -0.2) is 9.97 Å². The number of nitrogens with one attached hydrogen (secondary N) is 1. The molecule has 1 aromatic heterocycles. The molecule has 0 aromatic carbocycles. The fourth-order valence-electron chi connectivity index (χ4n) is 1.70. The van der Waals surface area contributed by atoms with Crippen LogP contribution in [0.3, 0.4) is 0 Å². The molecule has 0 spiro atoms. The van der Waals surface area contributed by atoms with E-state index in [9.17, 15) is 18.0 Å². The Morgan fingerprint density at radius 2 is 2.05 bits per heavy atom. The Hall–Kier alpha value is -1.37. The molecule has 1 aromatic rings. The fourth-order valence-corrected chi connectivity index (χ4v) is 1.88. The maximum Gasteiger partial charge on any atom is 0.411 e. The summed E-state index contributed by atoms with van der Waals surface area (Å²) < 4.78 is 38.4. The lowest BCUT2D eigenvalue weighted by Crippen LogP contribution is -2.48. The Balaban J connectivity index is 2.24. The molecule has 2 rings (SSSR count). The summed E-state index contributed by atoms with van der Waals surface area (Å²) in [4.78, 5) is 19.8. The van der Waals surface area contributed by atoms with Gasteiger partial charge in [0.05, 0.1) is 11.2 Å². The van der Waals surface area contributed by atoms with Gasteiger partial charge in [0.2, 0.25) is 0 Å². The first-order valence-corrected chi connectivity index (χ1v) is 6.46. The van der Waals surface area contributed by atoms with E-state index in [1.165, 1.54) is 6.20 Å². The van der Waals surface area contributed by atoms with Gasteiger partial charge >= 0.3 is 6.18 Å². The number of rotatable bonds is 3. The largest absolute Gasteiger partial charge is 0.411 e. The van der Waals surface area contributed by atoms with E-state index >= 15 is 0 Å². The molecule has 20 heavy (non-hydrogen) atoms. The molecular weight excluding hydrogens is 295 g/mol. The second-order valence-corrected chi connectivity index (χ2v) is 5.52. The monoisotopic (exact) mass is 307 g/mol. The zero-order valence-corrected chi connectivity index (χ0v) is 11.6. The van der Waals surface area contributed by atoms with Crippen LogP contribution in [0.4, 0.5) is 13.2 Å². The van der Waals surface area contributed by atoms with Gasteiger partial charge in [-0.2, -0.15) is 13.2 Å². The molecule has 1 amide bonds. The van der Waals surface area contributed by atoms with Crippen LogP contribution in [0.5, 0.6) is 0 Å². The van der Waals surface area contributed by atoms with E-state index in [1.54, 1.807) is 0 Å². The second kappa shape index (κ2) is 4.87. The third kappa shape index (κ3) is 2.72. The SMILES string of the molecule is CC(C)c1ncc(Cl)c(C(=O)NC2(C(F)(F)F)CC2)n1. The fraction of sp³-hybridized carbons (Fsp3) is 0.583. The molecular formula is C12H13ClF3N3O. The molecule has 110 valence electrons. The molecule has 4 nitrogen and oxygen atoms in total. The van der Waals surface area contributed by atoms with Crippen molar-refractivity contribution in [3.8, 4) is 0 Å². The lowest BCUT2D eigenvalue weighted by atomic mass is 10.2. The van der Waals surface area contributed by atoms with Gasteiger partial charge in [0.1, 0.15) is 17.1 Å². The molecule has 1 fully saturated rings. The average molecular weight is 308 g/mol. The molecule has 0 unspecified atom stereocenters. The molecule has 8 heteroatoms. The highest BCUT2D eigenvalue weighted by atomic mass is 35.5. The van der Waals surface area contributed by atoms with Crippen molar-refractivity contribution >= 4 is 17.5 Å². The van der Waals surface area contributed by atoms with Crippen molar-refractivity contribution in [2.75, 3.05) is 0 Å². The van der Waals surface area contributed by atoms with Crippen LogP contribution in [-0.4, -0.2) is 27.6 Å². The van der Waals surface area contributed by atoms with Crippen LogP contribution in [0.1, 0.15) is 48.9 Å². The first-order valence-electron chi connectivity index (χ1n) is 6.08. The van der Waals surface area contributed by atoms with Gasteiger partial charge in [-0.1, -0.05) is 25.4 Å². The summed E-state index contributed by atoms with van der Waals surface area (Å²) >= 11 is 5.79. The molecule has 0 aliphatic heterocycles. The van der Waals surface area contributed by atoms with E-state index < -0.39 is 17.6 Å². The zero-order chi connectivity index (χ0) is 15.1. The van der Waals surface area contributed by atoms with E-state index in [0.717, 1.165) is 0 Å². The van der Waals surface area contributed by atoms with Crippen LogP contribution in [0.25, 0.3) is 0 Å². The Morgan fingerprint density at radius 3 is 2.50 bits per heavy atom. The van der Waals surface area contributed by atoms with Crippen LogP contribution in [0.2, 0.25) is 5.02 Å². The van der Waals surface area contributed by atoms with Crippen LogP contribution < -0.4 is 5.32 Å². The van der Waals surface area contributed by atoms with Gasteiger partial charge in [-0.3, -0.25) is 4.79 Å². The van der Waals surface area contributed by atoms with Crippen LogP contribution in [0, 0.1) is 0 Å². The minimum absolute atomic E-state index is 0.0590. The third-order valence-electron chi connectivity index (χ3n) is 3.14. The molecule has 1 aliphatic rings. The minimum Gasteiger partial charge on any atom is -0.336 e. The summed E-state index contributed by atoms with van der Waals surface area (Å²) in [6.07, 6.45) is -3.49. The van der Waals surface area contributed by atoms with Gasteiger partial charge in [0, 0.05) is 5.92 Å². The lowest BCUT2D eigenvalue weighted by Gasteiger charge is -2.20. The second-order valence-electron chi connectivity index (χ2n) is 5.11. The van der Waals surface area contributed by atoms with E-state index in [-0.39, 0.29) is 29.5 Å². The number of amides is 1. The number of carbonyl (C=O) groups is 1. The maximum atomic E-state index is 12.8. The molecule has 1 aliphatic carbocycles. The third-order valence-corrected chi connectivity index (χ3v) is 3.42. The first-order chi connectivity index (χ1) is 9.16. The Morgan fingerprint density at radius 1 is 1.45 bits per heavy atom. The average Bonchev–Trinajstić information content (AvgIpc) is 3.09. The lowest BCUT2D eigenvalue weighted by molar-refractivity contribution is -0.163. The topological polar surface area (TPSA) is 54.9 Å². The van der Waals surface area contributed by atoms with Crippen LogP contribution in [-0.2, 0) is 0 Å². The van der Waals surface area contributed by atoms with E-state index in [4.69, 9.17) is 11.6 Å². The van der Waals surface area contributed by atoms with Crippen molar-refractivity contribution in [3.05, 3.63) is 22.7 Å². The normalized spacial score (nSPS) is 17.1. The van der Waals surface area contributed by atoms with Crippen molar-refractivity contribution in [1.82, 2.24) is 15.3 Å². The smallest absolute Gasteiger partial charge is 0.336 e. The highest BCUT2D eigenvalue weighted by Crippen LogP contribution is 2.49. The Labute approximate surface area is 118 Å². The number of nitrogens with zero attached hydrogens (tertiary/aromatic N) is 2. The van der Waals surface area contributed by atoms with E-state index in [0.29, 0.717) is 5.82 Å². The van der Waals surface area contributed by atoms with Gasteiger partial charge in [-0.15, -0.1) is 0 Å². The molecule has 1 saturated carbocycles. The predicted molar refractivity (Wildman–Crippen MR) is 66.6 cm³/mol. The van der Waals surface area contributed by atoms with Gasteiger partial charge in [-0.05, 0) is 12.8 Å². The Kier molecular flexibility index (Phi) is 3.66. The number of aromatic nitrogens is 2. The van der Waals surface area contributed by atoms with Gasteiger partial charge in [0.25, 0.3) is 5.91 Å². The standard InChI is InChI=1S/C12H13ClF3N3O/c1-6(2)9-17-5-7(13)8(18-9)10(20)19-11(3-4-11)12(14,15)16/h5-6H,3-4H2,1-2H3,(H,19,20). The summed E-state index contributed by atoms with van der Waals surface area (Å²) in [5, 5.41) is 1.93. The molecule has 0 saturated heterocycles. The number of hydrogen-bond donors (Lipinski definition) is 1.